The van der Waals surface area contributed by atoms with Gasteiger partial charge in [0, 0.05) is 17.3 Å². The van der Waals surface area contributed by atoms with Crippen LogP contribution in [0.1, 0.15) is 16.2 Å². The largest absolute Gasteiger partial charge is 0.319 e. The van der Waals surface area contributed by atoms with Crippen molar-refractivity contribution in [1.29, 1.82) is 0 Å². The highest BCUT2D eigenvalue weighted by atomic mass is 32.1. The molecular formula is C15H13N5OS. The van der Waals surface area contributed by atoms with E-state index in [9.17, 15) is 4.79 Å². The fourth-order valence-electron chi connectivity index (χ4n) is 1.79. The number of amides is 1. The Morgan fingerprint density at radius 3 is 2.86 bits per heavy atom. The molecule has 110 valence electrons. The lowest BCUT2D eigenvalue weighted by molar-refractivity contribution is 0.102. The van der Waals surface area contributed by atoms with Crippen LogP contribution in [0.25, 0.3) is 0 Å². The van der Waals surface area contributed by atoms with Crippen LogP contribution in [0, 0.1) is 6.92 Å². The van der Waals surface area contributed by atoms with Crippen LogP contribution in [0.4, 0.5) is 16.6 Å². The summed E-state index contributed by atoms with van der Waals surface area (Å²) in [6, 6.07) is 9.21. The van der Waals surface area contributed by atoms with Crippen molar-refractivity contribution in [3.05, 3.63) is 59.5 Å². The second-order valence-corrected chi connectivity index (χ2v) is 5.38. The lowest BCUT2D eigenvalue weighted by Gasteiger charge is -2.02. The van der Waals surface area contributed by atoms with E-state index in [1.807, 2.05) is 25.1 Å². The van der Waals surface area contributed by atoms with Crippen molar-refractivity contribution in [3.63, 3.8) is 0 Å². The predicted molar refractivity (Wildman–Crippen MR) is 86.6 cm³/mol. The van der Waals surface area contributed by atoms with Crippen molar-refractivity contribution in [3.8, 4) is 0 Å². The minimum Gasteiger partial charge on any atom is -0.319 e. The molecule has 7 heteroatoms. The van der Waals surface area contributed by atoms with Crippen LogP contribution >= 0.6 is 11.3 Å². The quantitative estimate of drug-likeness (QED) is 0.773. The molecular weight excluding hydrogens is 298 g/mol. The van der Waals surface area contributed by atoms with Gasteiger partial charge >= 0.3 is 0 Å². The number of hydrogen-bond acceptors (Lipinski definition) is 6. The third kappa shape index (κ3) is 3.44. The molecule has 0 aliphatic carbocycles. The van der Waals surface area contributed by atoms with Gasteiger partial charge in [0.05, 0.1) is 11.9 Å². The first kappa shape index (κ1) is 14.2. The summed E-state index contributed by atoms with van der Waals surface area (Å²) in [6.07, 6.45) is 3.23. The van der Waals surface area contributed by atoms with Crippen LogP contribution < -0.4 is 10.6 Å². The molecule has 3 aromatic heterocycles. The van der Waals surface area contributed by atoms with E-state index in [0.29, 0.717) is 22.3 Å². The SMILES string of the molecule is Cc1cccc(Nc2nc(C(=O)Nc3cccnc3)cs2)n1. The van der Waals surface area contributed by atoms with Crippen molar-refractivity contribution in [2.75, 3.05) is 10.6 Å². The number of nitrogens with zero attached hydrogens (tertiary/aromatic N) is 3. The number of aromatic nitrogens is 3. The molecule has 0 radical (unpaired) electrons. The van der Waals surface area contributed by atoms with Crippen LogP contribution in [0.5, 0.6) is 0 Å². The number of thiazole rings is 1. The van der Waals surface area contributed by atoms with Gasteiger partial charge in [-0.15, -0.1) is 11.3 Å². The Hall–Kier alpha value is -2.80. The van der Waals surface area contributed by atoms with Crippen LogP contribution in [0.3, 0.4) is 0 Å². The van der Waals surface area contributed by atoms with Crippen LogP contribution in [0.15, 0.2) is 48.1 Å². The molecule has 3 heterocycles. The number of aryl methyl sites for hydroxylation is 1. The summed E-state index contributed by atoms with van der Waals surface area (Å²) in [6.45, 7) is 1.92. The Labute approximate surface area is 131 Å². The molecule has 0 aliphatic rings. The Morgan fingerprint density at radius 1 is 1.18 bits per heavy atom. The van der Waals surface area contributed by atoms with E-state index < -0.39 is 0 Å². The summed E-state index contributed by atoms with van der Waals surface area (Å²) in [5, 5.41) is 8.15. The monoisotopic (exact) mass is 311 g/mol. The maximum absolute atomic E-state index is 12.1. The number of nitrogens with one attached hydrogen (secondary N) is 2. The molecule has 0 saturated heterocycles. The van der Waals surface area contributed by atoms with E-state index in [0.717, 1.165) is 5.69 Å². The molecule has 3 rings (SSSR count). The summed E-state index contributed by atoms with van der Waals surface area (Å²) in [5.41, 5.74) is 1.90. The Morgan fingerprint density at radius 2 is 2.09 bits per heavy atom. The van der Waals surface area contributed by atoms with Gasteiger partial charge in [-0.3, -0.25) is 9.78 Å². The molecule has 1 amide bonds. The first-order chi connectivity index (χ1) is 10.7. The molecule has 0 saturated carbocycles. The van der Waals surface area contributed by atoms with E-state index >= 15 is 0 Å². The fraction of sp³-hybridized carbons (Fsp3) is 0.0667. The van der Waals surface area contributed by atoms with Crippen molar-refractivity contribution >= 4 is 33.9 Å². The highest BCUT2D eigenvalue weighted by molar-refractivity contribution is 7.14. The smallest absolute Gasteiger partial charge is 0.275 e. The number of pyridine rings is 2. The number of rotatable bonds is 4. The average Bonchev–Trinajstić information content (AvgIpc) is 2.97. The van der Waals surface area contributed by atoms with E-state index in [-0.39, 0.29) is 5.91 Å². The Balaban J connectivity index is 1.69. The zero-order valence-corrected chi connectivity index (χ0v) is 12.6. The van der Waals surface area contributed by atoms with E-state index in [1.54, 1.807) is 29.9 Å². The summed E-state index contributed by atoms with van der Waals surface area (Å²) >= 11 is 1.35. The van der Waals surface area contributed by atoms with Gasteiger partial charge in [-0.25, -0.2) is 9.97 Å². The standard InChI is InChI=1S/C15H13N5OS/c1-10-4-2-6-13(17-10)20-15-19-12(9-22-15)14(21)18-11-5-3-7-16-8-11/h2-9H,1H3,(H,18,21)(H,17,19,20). The van der Waals surface area contributed by atoms with Crippen molar-refractivity contribution < 1.29 is 4.79 Å². The van der Waals surface area contributed by atoms with Gasteiger partial charge < -0.3 is 10.6 Å². The highest BCUT2D eigenvalue weighted by Crippen LogP contribution is 2.20. The van der Waals surface area contributed by atoms with Crippen molar-refractivity contribution in [1.82, 2.24) is 15.0 Å². The average molecular weight is 311 g/mol. The summed E-state index contributed by atoms with van der Waals surface area (Å²) in [7, 11) is 0. The minimum absolute atomic E-state index is 0.269. The van der Waals surface area contributed by atoms with E-state index in [2.05, 4.69) is 25.6 Å². The van der Waals surface area contributed by atoms with E-state index in [4.69, 9.17) is 0 Å². The van der Waals surface area contributed by atoms with Crippen LogP contribution in [0.2, 0.25) is 0 Å². The fourth-order valence-corrected chi connectivity index (χ4v) is 2.49. The molecule has 6 nitrogen and oxygen atoms in total. The highest BCUT2D eigenvalue weighted by Gasteiger charge is 2.11. The molecule has 0 unspecified atom stereocenters. The molecule has 0 aliphatic heterocycles. The summed E-state index contributed by atoms with van der Waals surface area (Å²) < 4.78 is 0. The number of carbonyl (C=O) groups excluding carboxylic acids is 1. The van der Waals surface area contributed by atoms with Gasteiger partial charge in [0.15, 0.2) is 5.13 Å². The Bertz CT molecular complexity index is 787. The van der Waals surface area contributed by atoms with Crippen LogP contribution in [-0.4, -0.2) is 20.9 Å². The molecule has 2 N–H and O–H groups in total. The first-order valence-electron chi connectivity index (χ1n) is 6.58. The second-order valence-electron chi connectivity index (χ2n) is 4.52. The third-order valence-electron chi connectivity index (χ3n) is 2.78. The third-order valence-corrected chi connectivity index (χ3v) is 3.54. The van der Waals surface area contributed by atoms with Gasteiger partial charge in [0.25, 0.3) is 5.91 Å². The number of hydrogen-bond donors (Lipinski definition) is 2. The van der Waals surface area contributed by atoms with E-state index in [1.165, 1.54) is 11.3 Å². The van der Waals surface area contributed by atoms with Crippen molar-refractivity contribution in [2.24, 2.45) is 0 Å². The summed E-state index contributed by atoms with van der Waals surface area (Å²) in [4.78, 5) is 24.6. The molecule has 3 aromatic rings. The maximum Gasteiger partial charge on any atom is 0.275 e. The van der Waals surface area contributed by atoms with Gasteiger partial charge in [0.1, 0.15) is 11.5 Å². The van der Waals surface area contributed by atoms with Gasteiger partial charge in [0.2, 0.25) is 0 Å². The Kier molecular flexibility index (Phi) is 4.06. The van der Waals surface area contributed by atoms with Gasteiger partial charge in [-0.1, -0.05) is 6.07 Å². The topological polar surface area (TPSA) is 79.8 Å². The predicted octanol–water partition coefficient (Wildman–Crippen LogP) is 3.24. The molecule has 0 bridgehead atoms. The lowest BCUT2D eigenvalue weighted by Crippen LogP contribution is -2.12. The van der Waals surface area contributed by atoms with Gasteiger partial charge in [-0.2, -0.15) is 0 Å². The van der Waals surface area contributed by atoms with Crippen molar-refractivity contribution in [2.45, 2.75) is 6.92 Å². The normalized spacial score (nSPS) is 10.2. The molecule has 0 spiro atoms. The zero-order chi connectivity index (χ0) is 15.4. The summed E-state index contributed by atoms with van der Waals surface area (Å²) in [5.74, 6) is 0.433. The lowest BCUT2D eigenvalue weighted by atomic mass is 10.4. The molecule has 0 aromatic carbocycles. The molecule has 0 atom stereocenters. The maximum atomic E-state index is 12.1. The number of carbonyl (C=O) groups is 1. The molecule has 22 heavy (non-hydrogen) atoms. The molecule has 0 fully saturated rings. The van der Waals surface area contributed by atoms with Crippen LogP contribution in [-0.2, 0) is 0 Å². The second kappa shape index (κ2) is 6.31. The zero-order valence-electron chi connectivity index (χ0n) is 11.8. The van der Waals surface area contributed by atoms with Gasteiger partial charge in [-0.05, 0) is 31.2 Å². The minimum atomic E-state index is -0.269. The first-order valence-corrected chi connectivity index (χ1v) is 7.46. The number of anilines is 3.